The maximum absolute atomic E-state index is 5.87. The van der Waals surface area contributed by atoms with Crippen molar-refractivity contribution in [3.8, 4) is 5.75 Å². The van der Waals surface area contributed by atoms with Crippen LogP contribution in [0.3, 0.4) is 0 Å². The molecule has 1 aliphatic heterocycles. The highest BCUT2D eigenvalue weighted by atomic mass is 32.2. The van der Waals surface area contributed by atoms with Crippen molar-refractivity contribution in [1.82, 2.24) is 0 Å². The minimum Gasteiger partial charge on any atom is -0.497 e. The molecule has 0 bridgehead atoms. The predicted octanol–water partition coefficient (Wildman–Crippen LogP) is 1.48. The maximum atomic E-state index is 5.87. The summed E-state index contributed by atoms with van der Waals surface area (Å²) in [4.78, 5) is 3.24. The molecule has 0 radical (unpaired) electrons. The van der Waals surface area contributed by atoms with E-state index in [4.69, 9.17) is 10.5 Å². The van der Waals surface area contributed by atoms with Crippen LogP contribution < -0.4 is 15.4 Å². The second kappa shape index (κ2) is 3.12. The van der Waals surface area contributed by atoms with Crippen molar-refractivity contribution in [2.24, 2.45) is 5.73 Å². The van der Waals surface area contributed by atoms with Gasteiger partial charge in [-0.15, -0.1) is 0 Å². The minimum absolute atomic E-state index is 0.0297. The number of fused-ring (bicyclic) bond motifs is 1. The molecule has 0 saturated carbocycles. The second-order valence-electron chi connectivity index (χ2n) is 2.95. The standard InChI is InChI=1S/C9H12N2OS/c1-11-7-4-3-6(12-2)5-8(7)13-9(11)10/h3-5,9H,10H2,1-2H3. The lowest BCUT2D eigenvalue weighted by molar-refractivity contribution is 0.414. The number of rotatable bonds is 1. The maximum Gasteiger partial charge on any atom is 0.130 e. The smallest absolute Gasteiger partial charge is 0.130 e. The van der Waals surface area contributed by atoms with E-state index in [1.807, 2.05) is 25.2 Å². The molecule has 1 unspecified atom stereocenters. The third-order valence-corrected chi connectivity index (χ3v) is 3.32. The summed E-state index contributed by atoms with van der Waals surface area (Å²) in [6.45, 7) is 0. The molecule has 1 aromatic carbocycles. The zero-order chi connectivity index (χ0) is 9.42. The molecular weight excluding hydrogens is 184 g/mol. The summed E-state index contributed by atoms with van der Waals surface area (Å²) in [5, 5.41) is 0. The van der Waals surface area contributed by atoms with Gasteiger partial charge in [0.1, 0.15) is 11.2 Å². The molecule has 0 aliphatic carbocycles. The third kappa shape index (κ3) is 1.36. The number of thioether (sulfide) groups is 1. The van der Waals surface area contributed by atoms with Gasteiger partial charge in [-0.2, -0.15) is 0 Å². The van der Waals surface area contributed by atoms with E-state index in [0.29, 0.717) is 0 Å². The summed E-state index contributed by atoms with van der Waals surface area (Å²) in [6.07, 6.45) is 0. The summed E-state index contributed by atoms with van der Waals surface area (Å²) in [7, 11) is 3.67. The zero-order valence-electron chi connectivity index (χ0n) is 7.65. The lowest BCUT2D eigenvalue weighted by Crippen LogP contribution is -2.32. The first-order chi connectivity index (χ1) is 6.22. The molecule has 0 spiro atoms. The number of hydrogen-bond donors (Lipinski definition) is 1. The first-order valence-corrected chi connectivity index (χ1v) is 4.93. The van der Waals surface area contributed by atoms with Crippen LogP contribution in [0.5, 0.6) is 5.75 Å². The molecule has 0 aromatic heterocycles. The lowest BCUT2D eigenvalue weighted by Gasteiger charge is -2.16. The van der Waals surface area contributed by atoms with E-state index < -0.39 is 0 Å². The van der Waals surface area contributed by atoms with Crippen LogP contribution >= 0.6 is 11.8 Å². The van der Waals surface area contributed by atoms with Crippen LogP contribution in [-0.2, 0) is 0 Å². The Morgan fingerprint density at radius 1 is 1.54 bits per heavy atom. The zero-order valence-corrected chi connectivity index (χ0v) is 8.47. The first-order valence-electron chi connectivity index (χ1n) is 4.05. The third-order valence-electron chi connectivity index (χ3n) is 2.18. The number of hydrogen-bond acceptors (Lipinski definition) is 4. The SMILES string of the molecule is COc1ccc2c(c1)SC(N)N2C. The highest BCUT2D eigenvalue weighted by Gasteiger charge is 2.23. The van der Waals surface area contributed by atoms with E-state index in [1.165, 1.54) is 10.6 Å². The molecule has 1 aliphatic rings. The Bertz CT molecular complexity index is 329. The van der Waals surface area contributed by atoms with E-state index in [1.54, 1.807) is 18.9 Å². The molecule has 0 amide bonds. The normalized spacial score (nSPS) is 20.2. The second-order valence-corrected chi connectivity index (χ2v) is 4.11. The van der Waals surface area contributed by atoms with Crippen molar-refractivity contribution in [3.05, 3.63) is 18.2 Å². The Kier molecular flexibility index (Phi) is 2.09. The Hall–Kier alpha value is -0.870. The number of methoxy groups -OCH3 is 1. The van der Waals surface area contributed by atoms with Gasteiger partial charge in [0.05, 0.1) is 12.8 Å². The number of benzene rings is 1. The average molecular weight is 196 g/mol. The van der Waals surface area contributed by atoms with E-state index in [0.717, 1.165) is 5.75 Å². The fourth-order valence-corrected chi connectivity index (χ4v) is 2.40. The highest BCUT2D eigenvalue weighted by molar-refractivity contribution is 8.00. The molecule has 70 valence electrons. The van der Waals surface area contributed by atoms with Crippen LogP contribution in [0.25, 0.3) is 0 Å². The van der Waals surface area contributed by atoms with Crippen LogP contribution in [0.2, 0.25) is 0 Å². The lowest BCUT2D eigenvalue weighted by atomic mass is 10.3. The topological polar surface area (TPSA) is 38.5 Å². The first kappa shape index (κ1) is 8.72. The largest absolute Gasteiger partial charge is 0.497 e. The molecule has 3 nitrogen and oxygen atoms in total. The van der Waals surface area contributed by atoms with Gasteiger partial charge in [-0.1, -0.05) is 11.8 Å². The van der Waals surface area contributed by atoms with Gasteiger partial charge in [0.15, 0.2) is 0 Å². The van der Waals surface area contributed by atoms with Crippen molar-refractivity contribution < 1.29 is 4.74 Å². The van der Waals surface area contributed by atoms with Crippen molar-refractivity contribution in [2.75, 3.05) is 19.1 Å². The van der Waals surface area contributed by atoms with E-state index in [2.05, 4.69) is 4.90 Å². The van der Waals surface area contributed by atoms with Crippen LogP contribution in [0.15, 0.2) is 23.1 Å². The van der Waals surface area contributed by atoms with Crippen molar-refractivity contribution >= 4 is 17.4 Å². The number of anilines is 1. The van der Waals surface area contributed by atoms with Gasteiger partial charge in [-0.3, -0.25) is 0 Å². The van der Waals surface area contributed by atoms with E-state index in [9.17, 15) is 0 Å². The predicted molar refractivity (Wildman–Crippen MR) is 55.2 cm³/mol. The molecule has 0 saturated heterocycles. The molecule has 2 rings (SSSR count). The van der Waals surface area contributed by atoms with E-state index in [-0.39, 0.29) is 5.50 Å². The molecule has 1 atom stereocenters. The number of ether oxygens (including phenoxy) is 1. The monoisotopic (exact) mass is 196 g/mol. The van der Waals surface area contributed by atoms with Crippen molar-refractivity contribution in [3.63, 3.8) is 0 Å². The summed E-state index contributed by atoms with van der Waals surface area (Å²) in [6, 6.07) is 6.01. The Morgan fingerprint density at radius 3 is 3.00 bits per heavy atom. The molecule has 1 aromatic rings. The number of nitrogens with two attached hydrogens (primary N) is 1. The van der Waals surface area contributed by atoms with Crippen LogP contribution in [-0.4, -0.2) is 19.7 Å². The summed E-state index contributed by atoms with van der Waals surface area (Å²) < 4.78 is 5.14. The van der Waals surface area contributed by atoms with Crippen LogP contribution in [0.4, 0.5) is 5.69 Å². The van der Waals surface area contributed by atoms with Crippen LogP contribution in [0.1, 0.15) is 0 Å². The summed E-state index contributed by atoms with van der Waals surface area (Å²) in [5.74, 6) is 0.883. The van der Waals surface area contributed by atoms with Crippen molar-refractivity contribution in [1.29, 1.82) is 0 Å². The molecular formula is C9H12N2OS. The van der Waals surface area contributed by atoms with Gasteiger partial charge >= 0.3 is 0 Å². The summed E-state index contributed by atoms with van der Waals surface area (Å²) in [5.41, 5.74) is 7.08. The quantitative estimate of drug-likeness (QED) is 0.738. The number of nitrogens with zero attached hydrogens (tertiary/aromatic N) is 1. The van der Waals surface area contributed by atoms with Gasteiger partial charge in [0.25, 0.3) is 0 Å². The molecule has 4 heteroatoms. The molecule has 0 fully saturated rings. The average Bonchev–Trinajstić information content (AvgIpc) is 2.42. The van der Waals surface area contributed by atoms with E-state index >= 15 is 0 Å². The van der Waals surface area contributed by atoms with Crippen molar-refractivity contribution in [2.45, 2.75) is 10.4 Å². The Labute approximate surface area is 81.9 Å². The molecule has 1 heterocycles. The minimum atomic E-state index is 0.0297. The van der Waals surface area contributed by atoms with Crippen LogP contribution in [0, 0.1) is 0 Å². The summed E-state index contributed by atoms with van der Waals surface area (Å²) >= 11 is 1.65. The fourth-order valence-electron chi connectivity index (χ4n) is 1.35. The molecule has 2 N–H and O–H groups in total. The van der Waals surface area contributed by atoms with Gasteiger partial charge in [-0.25, -0.2) is 0 Å². The fraction of sp³-hybridized carbons (Fsp3) is 0.333. The molecule has 13 heavy (non-hydrogen) atoms. The van der Waals surface area contributed by atoms with Gasteiger partial charge < -0.3 is 15.4 Å². The van der Waals surface area contributed by atoms with Gasteiger partial charge in [-0.05, 0) is 18.2 Å². The highest BCUT2D eigenvalue weighted by Crippen LogP contribution is 2.41. The van der Waals surface area contributed by atoms with Gasteiger partial charge in [0, 0.05) is 11.9 Å². The Morgan fingerprint density at radius 2 is 2.31 bits per heavy atom. The Balaban J connectivity index is 2.40. The van der Waals surface area contributed by atoms with Gasteiger partial charge in [0.2, 0.25) is 0 Å².